The van der Waals surface area contributed by atoms with Crippen LogP contribution < -0.4 is 0 Å². The Morgan fingerprint density at radius 3 is 2.62 bits per heavy atom. The second kappa shape index (κ2) is 6.51. The van der Waals surface area contributed by atoms with Gasteiger partial charge in [-0.15, -0.1) is 0 Å². The second-order valence-corrected chi connectivity index (χ2v) is 7.87. The van der Waals surface area contributed by atoms with Gasteiger partial charge in [-0.3, -0.25) is 4.79 Å². The van der Waals surface area contributed by atoms with Gasteiger partial charge in [-0.25, -0.2) is 4.98 Å². The molecule has 0 spiro atoms. The molecule has 3 fully saturated rings. The SMILES string of the molecule is O=C(c1cc(C2CC2)nc(C(F)(F)F)c1)N1CCCC2CC(O)CCC21. The predicted molar refractivity (Wildman–Crippen MR) is 88.6 cm³/mol. The molecule has 3 atom stereocenters. The van der Waals surface area contributed by atoms with E-state index in [1.165, 1.54) is 0 Å². The molecule has 0 aromatic carbocycles. The van der Waals surface area contributed by atoms with E-state index >= 15 is 0 Å². The Kier molecular flexibility index (Phi) is 4.45. The fraction of sp³-hybridized carbons (Fsp3) is 0.684. The van der Waals surface area contributed by atoms with Gasteiger partial charge >= 0.3 is 6.18 Å². The lowest BCUT2D eigenvalue weighted by Gasteiger charge is -2.45. The van der Waals surface area contributed by atoms with E-state index in [0.717, 1.165) is 31.7 Å². The first-order chi connectivity index (χ1) is 12.3. The first-order valence-corrected chi connectivity index (χ1v) is 9.41. The molecular weight excluding hydrogens is 345 g/mol. The number of hydrogen-bond acceptors (Lipinski definition) is 3. The largest absolute Gasteiger partial charge is 0.433 e. The Balaban J connectivity index is 1.64. The number of rotatable bonds is 2. The molecule has 0 radical (unpaired) electrons. The molecule has 1 aromatic rings. The van der Waals surface area contributed by atoms with Crippen LogP contribution in [-0.4, -0.2) is 39.6 Å². The molecule has 2 heterocycles. The Bertz CT molecular complexity index is 703. The van der Waals surface area contributed by atoms with Crippen molar-refractivity contribution in [1.82, 2.24) is 9.88 Å². The summed E-state index contributed by atoms with van der Waals surface area (Å²) >= 11 is 0. The first kappa shape index (κ1) is 17.8. The number of aromatic nitrogens is 1. The number of nitrogens with zero attached hydrogens (tertiary/aromatic N) is 2. The maximum Gasteiger partial charge on any atom is 0.433 e. The number of hydrogen-bond donors (Lipinski definition) is 1. The number of likely N-dealkylation sites (tertiary alicyclic amines) is 1. The van der Waals surface area contributed by atoms with E-state index in [4.69, 9.17) is 0 Å². The summed E-state index contributed by atoms with van der Waals surface area (Å²) < 4.78 is 39.7. The average molecular weight is 368 g/mol. The molecule has 7 heteroatoms. The molecule has 142 valence electrons. The maximum absolute atomic E-state index is 13.2. The Morgan fingerprint density at radius 1 is 1.15 bits per heavy atom. The van der Waals surface area contributed by atoms with Crippen LogP contribution in [0.3, 0.4) is 0 Å². The Morgan fingerprint density at radius 2 is 1.92 bits per heavy atom. The molecule has 1 aromatic heterocycles. The molecule has 4 nitrogen and oxygen atoms in total. The van der Waals surface area contributed by atoms with Crippen molar-refractivity contribution in [1.29, 1.82) is 0 Å². The highest BCUT2D eigenvalue weighted by molar-refractivity contribution is 5.94. The van der Waals surface area contributed by atoms with Crippen LogP contribution in [-0.2, 0) is 6.18 Å². The number of amides is 1. The summed E-state index contributed by atoms with van der Waals surface area (Å²) in [5, 5.41) is 9.88. The van der Waals surface area contributed by atoms with Gasteiger partial charge in [0.1, 0.15) is 5.69 Å². The monoisotopic (exact) mass is 368 g/mol. The molecule has 26 heavy (non-hydrogen) atoms. The number of carbonyl (C=O) groups is 1. The average Bonchev–Trinajstić information content (AvgIpc) is 3.44. The van der Waals surface area contributed by atoms with E-state index in [1.807, 2.05) is 0 Å². The van der Waals surface area contributed by atoms with E-state index in [-0.39, 0.29) is 35.5 Å². The highest BCUT2D eigenvalue weighted by atomic mass is 19.4. The minimum atomic E-state index is -4.56. The van der Waals surface area contributed by atoms with Crippen molar-refractivity contribution < 1.29 is 23.1 Å². The van der Waals surface area contributed by atoms with Crippen LogP contribution >= 0.6 is 0 Å². The molecular formula is C19H23F3N2O2. The summed E-state index contributed by atoms with van der Waals surface area (Å²) in [6.07, 6.45) is 0.584. The molecule has 2 saturated carbocycles. The van der Waals surface area contributed by atoms with E-state index in [1.54, 1.807) is 11.0 Å². The van der Waals surface area contributed by atoms with Gasteiger partial charge in [-0.05, 0) is 63.0 Å². The standard InChI is InChI=1S/C19H23F3N2O2/c20-19(21,22)17-10-13(9-15(23-17)11-3-4-11)18(26)24-7-1-2-12-8-14(25)5-6-16(12)24/h9-12,14,16,25H,1-8H2. The summed E-state index contributed by atoms with van der Waals surface area (Å²) in [6.45, 7) is 0.568. The molecule has 1 saturated heterocycles. The number of carbonyl (C=O) groups excluding carboxylic acids is 1. The van der Waals surface area contributed by atoms with Crippen molar-refractivity contribution in [2.45, 2.75) is 69.2 Å². The summed E-state index contributed by atoms with van der Waals surface area (Å²) in [6, 6.07) is 2.47. The van der Waals surface area contributed by atoms with Crippen molar-refractivity contribution in [2.24, 2.45) is 5.92 Å². The van der Waals surface area contributed by atoms with Crippen molar-refractivity contribution in [3.05, 3.63) is 29.1 Å². The quantitative estimate of drug-likeness (QED) is 0.865. The number of piperidine rings is 1. The van der Waals surface area contributed by atoms with Gasteiger partial charge in [0.25, 0.3) is 5.91 Å². The van der Waals surface area contributed by atoms with E-state index in [2.05, 4.69) is 4.98 Å². The lowest BCUT2D eigenvalue weighted by molar-refractivity contribution is -0.141. The molecule has 1 N–H and O–H groups in total. The van der Waals surface area contributed by atoms with Gasteiger partial charge in [0, 0.05) is 29.8 Å². The zero-order chi connectivity index (χ0) is 18.5. The van der Waals surface area contributed by atoms with E-state index < -0.39 is 11.9 Å². The predicted octanol–water partition coefficient (Wildman–Crippen LogP) is 3.74. The van der Waals surface area contributed by atoms with Crippen LogP contribution in [0.2, 0.25) is 0 Å². The highest BCUT2D eigenvalue weighted by Crippen LogP contribution is 2.41. The van der Waals surface area contributed by atoms with Crippen LogP contribution in [0.5, 0.6) is 0 Å². The third-order valence-electron chi connectivity index (χ3n) is 5.93. The van der Waals surface area contributed by atoms with Crippen LogP contribution in [0.1, 0.15) is 72.6 Å². The summed E-state index contributed by atoms with van der Waals surface area (Å²) in [5.41, 5.74) is -0.491. The summed E-state index contributed by atoms with van der Waals surface area (Å²) in [7, 11) is 0. The van der Waals surface area contributed by atoms with Crippen LogP contribution in [0, 0.1) is 5.92 Å². The fourth-order valence-electron chi connectivity index (χ4n) is 4.46. The van der Waals surface area contributed by atoms with Gasteiger partial charge < -0.3 is 10.0 Å². The molecule has 3 unspecified atom stereocenters. The summed E-state index contributed by atoms with van der Waals surface area (Å²) in [5.74, 6) is -0.0445. The van der Waals surface area contributed by atoms with Gasteiger partial charge in [-0.2, -0.15) is 13.2 Å². The maximum atomic E-state index is 13.2. The van der Waals surface area contributed by atoms with Crippen molar-refractivity contribution >= 4 is 5.91 Å². The zero-order valence-electron chi connectivity index (χ0n) is 14.5. The smallest absolute Gasteiger partial charge is 0.393 e. The van der Waals surface area contributed by atoms with Crippen LogP contribution in [0.25, 0.3) is 0 Å². The van der Waals surface area contributed by atoms with Crippen molar-refractivity contribution in [3.63, 3.8) is 0 Å². The van der Waals surface area contributed by atoms with E-state index in [0.29, 0.717) is 31.5 Å². The van der Waals surface area contributed by atoms with Gasteiger partial charge in [0.05, 0.1) is 6.10 Å². The first-order valence-electron chi connectivity index (χ1n) is 9.41. The number of aliphatic hydroxyl groups is 1. The third-order valence-corrected chi connectivity index (χ3v) is 5.93. The Hall–Kier alpha value is -1.63. The highest BCUT2D eigenvalue weighted by Gasteiger charge is 2.40. The fourth-order valence-corrected chi connectivity index (χ4v) is 4.46. The normalized spacial score (nSPS) is 29.4. The lowest BCUT2D eigenvalue weighted by Crippen LogP contribution is -2.51. The molecule has 4 rings (SSSR count). The minimum Gasteiger partial charge on any atom is -0.393 e. The molecule has 1 amide bonds. The Labute approximate surface area is 150 Å². The van der Waals surface area contributed by atoms with Crippen molar-refractivity contribution in [3.8, 4) is 0 Å². The van der Waals surface area contributed by atoms with Crippen LogP contribution in [0.15, 0.2) is 12.1 Å². The van der Waals surface area contributed by atoms with Crippen molar-refractivity contribution in [2.75, 3.05) is 6.54 Å². The topological polar surface area (TPSA) is 53.4 Å². The second-order valence-electron chi connectivity index (χ2n) is 7.87. The lowest BCUT2D eigenvalue weighted by atomic mass is 9.77. The number of aliphatic hydroxyl groups excluding tert-OH is 1. The molecule has 1 aliphatic heterocycles. The molecule has 3 aliphatic rings. The minimum absolute atomic E-state index is 0.0199. The number of pyridine rings is 1. The number of halogens is 3. The molecule has 2 aliphatic carbocycles. The van der Waals surface area contributed by atoms with Gasteiger partial charge in [0.15, 0.2) is 0 Å². The van der Waals surface area contributed by atoms with Gasteiger partial charge in [-0.1, -0.05) is 0 Å². The van der Waals surface area contributed by atoms with E-state index in [9.17, 15) is 23.1 Å². The summed E-state index contributed by atoms with van der Waals surface area (Å²) in [4.78, 5) is 18.6. The number of fused-ring (bicyclic) bond motifs is 1. The molecule has 0 bridgehead atoms. The number of alkyl halides is 3. The third kappa shape index (κ3) is 3.46. The van der Waals surface area contributed by atoms with Crippen LogP contribution in [0.4, 0.5) is 13.2 Å². The zero-order valence-corrected chi connectivity index (χ0v) is 14.5. The van der Waals surface area contributed by atoms with Gasteiger partial charge in [0.2, 0.25) is 0 Å².